The van der Waals surface area contributed by atoms with E-state index in [0.29, 0.717) is 26.2 Å². The maximum Gasteiger partial charge on any atom is 0.312 e. The molecule has 20 heavy (non-hydrogen) atoms. The van der Waals surface area contributed by atoms with E-state index in [1.165, 1.54) is 0 Å². The highest BCUT2D eigenvalue weighted by Gasteiger charge is 2.33. The molecule has 0 unspecified atom stereocenters. The second kappa shape index (κ2) is 6.39. The van der Waals surface area contributed by atoms with Crippen LogP contribution in [0.1, 0.15) is 34.6 Å². The van der Waals surface area contributed by atoms with E-state index in [1.807, 2.05) is 13.8 Å². The molecule has 1 fully saturated rings. The molecule has 0 saturated carbocycles. The third kappa shape index (κ3) is 4.63. The number of carbonyl (C=O) groups is 2. The van der Waals surface area contributed by atoms with Crippen LogP contribution in [-0.4, -0.2) is 59.4 Å². The third-order valence-corrected chi connectivity index (χ3v) is 3.25. The fraction of sp³-hybridized carbons (Fsp3) is 0.733. The number of nitrogens with one attached hydrogen (secondary N) is 1. The summed E-state index contributed by atoms with van der Waals surface area (Å²) in [5, 5.41) is 3.33. The Labute approximate surface area is 122 Å². The third-order valence-electron chi connectivity index (χ3n) is 3.25. The summed E-state index contributed by atoms with van der Waals surface area (Å²) in [6.07, 6.45) is 0. The van der Waals surface area contributed by atoms with Crippen LogP contribution in [0.5, 0.6) is 0 Å². The molecule has 5 heteroatoms. The van der Waals surface area contributed by atoms with E-state index in [2.05, 4.69) is 32.7 Å². The summed E-state index contributed by atoms with van der Waals surface area (Å²) >= 11 is 0. The first kappa shape index (κ1) is 16.7. The first-order chi connectivity index (χ1) is 9.11. The maximum absolute atomic E-state index is 12.1. The number of piperazine rings is 1. The van der Waals surface area contributed by atoms with Crippen molar-refractivity contribution in [1.29, 1.82) is 0 Å². The van der Waals surface area contributed by atoms with Crippen LogP contribution >= 0.6 is 0 Å². The molecule has 1 saturated heterocycles. The van der Waals surface area contributed by atoms with Crippen LogP contribution < -0.4 is 5.32 Å². The number of carbonyl (C=O) groups excluding carboxylic acids is 2. The zero-order valence-corrected chi connectivity index (χ0v) is 13.3. The van der Waals surface area contributed by atoms with Crippen molar-refractivity contribution in [2.75, 3.05) is 26.2 Å². The highest BCUT2D eigenvalue weighted by molar-refractivity contribution is 6.35. The zero-order valence-electron chi connectivity index (χ0n) is 13.3. The lowest BCUT2D eigenvalue weighted by Crippen LogP contribution is -2.56. The molecular formula is C15H27N3O2. The van der Waals surface area contributed by atoms with Crippen LogP contribution in [0.3, 0.4) is 0 Å². The van der Waals surface area contributed by atoms with Gasteiger partial charge in [0.1, 0.15) is 0 Å². The topological polar surface area (TPSA) is 52.6 Å². The van der Waals surface area contributed by atoms with Crippen molar-refractivity contribution < 1.29 is 9.59 Å². The van der Waals surface area contributed by atoms with Crippen molar-refractivity contribution in [3.8, 4) is 0 Å². The van der Waals surface area contributed by atoms with Crippen LogP contribution in [0.15, 0.2) is 12.2 Å². The van der Waals surface area contributed by atoms with Gasteiger partial charge < -0.3 is 15.1 Å². The van der Waals surface area contributed by atoms with E-state index in [0.717, 1.165) is 5.57 Å². The number of nitrogens with zero attached hydrogens (tertiary/aromatic N) is 2. The molecule has 1 aliphatic heterocycles. The summed E-state index contributed by atoms with van der Waals surface area (Å²) < 4.78 is 0. The first-order valence-corrected chi connectivity index (χ1v) is 7.13. The van der Waals surface area contributed by atoms with Gasteiger partial charge in [0.15, 0.2) is 0 Å². The van der Waals surface area contributed by atoms with E-state index in [-0.39, 0.29) is 11.6 Å². The molecule has 1 rings (SSSR count). The van der Waals surface area contributed by atoms with Crippen LogP contribution in [0.2, 0.25) is 0 Å². The van der Waals surface area contributed by atoms with Gasteiger partial charge in [-0.2, -0.15) is 0 Å². The molecule has 0 radical (unpaired) electrons. The first-order valence-electron chi connectivity index (χ1n) is 7.13. The summed E-state index contributed by atoms with van der Waals surface area (Å²) in [5.41, 5.74) is 0.929. The van der Waals surface area contributed by atoms with Crippen molar-refractivity contribution in [2.45, 2.75) is 46.2 Å². The SMILES string of the molecule is C=C(CNC(C)(C)C)CN1CCN(C(C)C)C(=O)C1=O. The number of amides is 2. The number of rotatable bonds is 5. The van der Waals surface area contributed by atoms with Gasteiger partial charge in [-0.25, -0.2) is 0 Å². The minimum atomic E-state index is -0.415. The fourth-order valence-electron chi connectivity index (χ4n) is 2.05. The average Bonchev–Trinajstić information content (AvgIpc) is 2.31. The monoisotopic (exact) mass is 281 g/mol. The van der Waals surface area contributed by atoms with Gasteiger partial charge in [-0.1, -0.05) is 6.58 Å². The predicted octanol–water partition coefficient (Wildman–Crippen LogP) is 1.01. The number of hydrogen-bond acceptors (Lipinski definition) is 3. The highest BCUT2D eigenvalue weighted by atomic mass is 16.2. The summed E-state index contributed by atoms with van der Waals surface area (Å²) in [4.78, 5) is 27.2. The predicted molar refractivity (Wildman–Crippen MR) is 80.3 cm³/mol. The van der Waals surface area contributed by atoms with Crippen molar-refractivity contribution in [3.05, 3.63) is 12.2 Å². The Kier molecular flexibility index (Phi) is 5.34. The molecule has 0 aromatic carbocycles. The van der Waals surface area contributed by atoms with Crippen LogP contribution in [-0.2, 0) is 9.59 Å². The van der Waals surface area contributed by atoms with E-state index >= 15 is 0 Å². The molecule has 0 bridgehead atoms. The van der Waals surface area contributed by atoms with E-state index in [1.54, 1.807) is 9.80 Å². The second-order valence-corrected chi connectivity index (χ2v) is 6.67. The Balaban J connectivity index is 2.52. The van der Waals surface area contributed by atoms with E-state index in [4.69, 9.17) is 0 Å². The molecule has 0 aromatic rings. The summed E-state index contributed by atoms with van der Waals surface area (Å²) in [7, 11) is 0. The molecule has 5 nitrogen and oxygen atoms in total. The summed E-state index contributed by atoms with van der Waals surface area (Å²) in [6.45, 7) is 16.3. The fourth-order valence-corrected chi connectivity index (χ4v) is 2.05. The molecule has 1 heterocycles. The molecule has 0 aliphatic carbocycles. The molecule has 1 aliphatic rings. The molecule has 0 aromatic heterocycles. The van der Waals surface area contributed by atoms with Gasteiger partial charge in [-0.15, -0.1) is 0 Å². The van der Waals surface area contributed by atoms with Gasteiger partial charge in [0, 0.05) is 37.8 Å². The zero-order chi connectivity index (χ0) is 15.5. The highest BCUT2D eigenvalue weighted by Crippen LogP contribution is 2.10. The minimum Gasteiger partial charge on any atom is -0.330 e. The Morgan fingerprint density at radius 3 is 2.35 bits per heavy atom. The van der Waals surface area contributed by atoms with Gasteiger partial charge in [0.2, 0.25) is 0 Å². The molecule has 2 amide bonds. The van der Waals surface area contributed by atoms with Gasteiger partial charge in [-0.05, 0) is 40.2 Å². The quantitative estimate of drug-likeness (QED) is 0.604. The van der Waals surface area contributed by atoms with Crippen molar-refractivity contribution in [1.82, 2.24) is 15.1 Å². The molecule has 1 N–H and O–H groups in total. The number of hydrogen-bond donors (Lipinski definition) is 1. The Morgan fingerprint density at radius 1 is 1.25 bits per heavy atom. The largest absolute Gasteiger partial charge is 0.330 e. The van der Waals surface area contributed by atoms with Crippen LogP contribution in [0, 0.1) is 0 Å². The lowest BCUT2D eigenvalue weighted by molar-refractivity contribution is -0.156. The second-order valence-electron chi connectivity index (χ2n) is 6.67. The standard InChI is InChI=1S/C15H27N3O2/c1-11(2)18-8-7-17(13(19)14(18)20)10-12(3)9-16-15(4,5)6/h11,16H,3,7-10H2,1-2,4-6H3. The van der Waals surface area contributed by atoms with Crippen LogP contribution in [0.4, 0.5) is 0 Å². The summed E-state index contributed by atoms with van der Waals surface area (Å²) in [6, 6.07) is 0.0689. The average molecular weight is 281 g/mol. The van der Waals surface area contributed by atoms with E-state index in [9.17, 15) is 9.59 Å². The smallest absolute Gasteiger partial charge is 0.312 e. The van der Waals surface area contributed by atoms with Gasteiger partial charge in [0.05, 0.1) is 0 Å². The molecule has 0 spiro atoms. The van der Waals surface area contributed by atoms with Crippen LogP contribution in [0.25, 0.3) is 0 Å². The normalized spacial score (nSPS) is 17.1. The Hall–Kier alpha value is -1.36. The van der Waals surface area contributed by atoms with Gasteiger partial charge in [0.25, 0.3) is 0 Å². The van der Waals surface area contributed by atoms with Crippen molar-refractivity contribution in [3.63, 3.8) is 0 Å². The van der Waals surface area contributed by atoms with Gasteiger partial charge in [-0.3, -0.25) is 9.59 Å². The lowest BCUT2D eigenvalue weighted by Gasteiger charge is -2.36. The van der Waals surface area contributed by atoms with Crippen molar-refractivity contribution in [2.24, 2.45) is 0 Å². The molecular weight excluding hydrogens is 254 g/mol. The Morgan fingerprint density at radius 2 is 1.85 bits per heavy atom. The van der Waals surface area contributed by atoms with Gasteiger partial charge >= 0.3 is 11.8 Å². The Bertz CT molecular complexity index is 396. The minimum absolute atomic E-state index is 0.0130. The maximum atomic E-state index is 12.1. The molecule has 0 atom stereocenters. The van der Waals surface area contributed by atoms with Crippen molar-refractivity contribution >= 4 is 11.8 Å². The summed E-state index contributed by atoms with van der Waals surface area (Å²) in [5.74, 6) is -0.815. The lowest BCUT2D eigenvalue weighted by atomic mass is 10.1. The molecule has 114 valence electrons. The van der Waals surface area contributed by atoms with E-state index < -0.39 is 11.8 Å².